The Balaban J connectivity index is 1.74. The SMILES string of the molecule is O=C(CNCc1ccc(Cl)s1)Nc1ccc(Cl)cc1. The third-order valence-corrected chi connectivity index (χ3v) is 3.82. The van der Waals surface area contributed by atoms with Gasteiger partial charge in [-0.3, -0.25) is 4.79 Å². The highest BCUT2D eigenvalue weighted by Gasteiger charge is 2.03. The fraction of sp³-hybridized carbons (Fsp3) is 0.154. The van der Waals surface area contributed by atoms with E-state index in [-0.39, 0.29) is 12.5 Å². The monoisotopic (exact) mass is 314 g/mol. The summed E-state index contributed by atoms with van der Waals surface area (Å²) in [6.45, 7) is 0.879. The van der Waals surface area contributed by atoms with Gasteiger partial charge in [-0.05, 0) is 36.4 Å². The zero-order chi connectivity index (χ0) is 13.7. The fourth-order valence-corrected chi connectivity index (χ4v) is 2.67. The highest BCUT2D eigenvalue weighted by atomic mass is 35.5. The summed E-state index contributed by atoms with van der Waals surface area (Å²) in [4.78, 5) is 12.8. The average molecular weight is 315 g/mol. The van der Waals surface area contributed by atoms with Crippen LogP contribution in [0, 0.1) is 0 Å². The molecular weight excluding hydrogens is 303 g/mol. The number of nitrogens with one attached hydrogen (secondary N) is 2. The first-order chi connectivity index (χ1) is 9.13. The lowest BCUT2D eigenvalue weighted by atomic mass is 10.3. The Morgan fingerprint density at radius 1 is 1.11 bits per heavy atom. The zero-order valence-corrected chi connectivity index (χ0v) is 12.3. The van der Waals surface area contributed by atoms with Gasteiger partial charge in [-0.1, -0.05) is 23.2 Å². The first-order valence-corrected chi connectivity index (χ1v) is 7.21. The van der Waals surface area contributed by atoms with Gasteiger partial charge in [-0.15, -0.1) is 11.3 Å². The van der Waals surface area contributed by atoms with Crippen LogP contribution in [0.4, 0.5) is 5.69 Å². The van der Waals surface area contributed by atoms with Crippen LogP contribution in [0.15, 0.2) is 36.4 Å². The molecule has 2 N–H and O–H groups in total. The summed E-state index contributed by atoms with van der Waals surface area (Å²) < 4.78 is 0.752. The van der Waals surface area contributed by atoms with Crippen molar-refractivity contribution in [3.05, 3.63) is 50.6 Å². The zero-order valence-electron chi connectivity index (χ0n) is 9.95. The Kier molecular flexibility index (Phi) is 5.22. The van der Waals surface area contributed by atoms with Crippen LogP contribution in [0.3, 0.4) is 0 Å². The van der Waals surface area contributed by atoms with E-state index in [2.05, 4.69) is 10.6 Å². The molecule has 0 atom stereocenters. The number of amides is 1. The second kappa shape index (κ2) is 6.91. The van der Waals surface area contributed by atoms with E-state index >= 15 is 0 Å². The molecule has 2 aromatic rings. The fourth-order valence-electron chi connectivity index (χ4n) is 1.48. The Morgan fingerprint density at radius 3 is 2.47 bits per heavy atom. The molecular formula is C13H12Cl2N2OS. The van der Waals surface area contributed by atoms with E-state index in [1.807, 2.05) is 12.1 Å². The molecule has 0 aliphatic rings. The Bertz CT molecular complexity index is 554. The number of carbonyl (C=O) groups excluding carboxylic acids is 1. The molecule has 6 heteroatoms. The van der Waals surface area contributed by atoms with Gasteiger partial charge in [0.2, 0.25) is 5.91 Å². The van der Waals surface area contributed by atoms with Crippen molar-refractivity contribution < 1.29 is 4.79 Å². The smallest absolute Gasteiger partial charge is 0.238 e. The average Bonchev–Trinajstić information content (AvgIpc) is 2.78. The largest absolute Gasteiger partial charge is 0.325 e. The van der Waals surface area contributed by atoms with Crippen LogP contribution in [-0.2, 0) is 11.3 Å². The Labute approximate surface area is 125 Å². The lowest BCUT2D eigenvalue weighted by Crippen LogP contribution is -2.27. The van der Waals surface area contributed by atoms with Crippen LogP contribution in [-0.4, -0.2) is 12.5 Å². The summed E-state index contributed by atoms with van der Waals surface area (Å²) in [6.07, 6.45) is 0. The third kappa shape index (κ3) is 4.84. The summed E-state index contributed by atoms with van der Waals surface area (Å²) in [5.74, 6) is -0.0926. The van der Waals surface area contributed by atoms with Crippen molar-refractivity contribution in [2.75, 3.05) is 11.9 Å². The number of carbonyl (C=O) groups is 1. The number of hydrogen-bond acceptors (Lipinski definition) is 3. The first kappa shape index (κ1) is 14.3. The normalized spacial score (nSPS) is 10.4. The van der Waals surface area contributed by atoms with Gasteiger partial charge in [0.1, 0.15) is 0 Å². The van der Waals surface area contributed by atoms with Gasteiger partial charge < -0.3 is 10.6 Å². The highest BCUT2D eigenvalue weighted by Crippen LogP contribution is 2.20. The van der Waals surface area contributed by atoms with Crippen molar-refractivity contribution in [2.24, 2.45) is 0 Å². The summed E-state index contributed by atoms with van der Waals surface area (Å²) in [7, 11) is 0. The van der Waals surface area contributed by atoms with E-state index < -0.39 is 0 Å². The van der Waals surface area contributed by atoms with E-state index in [1.165, 1.54) is 11.3 Å². The van der Waals surface area contributed by atoms with Crippen LogP contribution >= 0.6 is 34.5 Å². The topological polar surface area (TPSA) is 41.1 Å². The Hall–Kier alpha value is -1.07. The van der Waals surface area contributed by atoms with Gasteiger partial charge in [-0.25, -0.2) is 0 Å². The van der Waals surface area contributed by atoms with Crippen LogP contribution in [0.25, 0.3) is 0 Å². The molecule has 1 aromatic carbocycles. The van der Waals surface area contributed by atoms with Gasteiger partial charge in [0, 0.05) is 22.1 Å². The van der Waals surface area contributed by atoms with E-state index in [0.717, 1.165) is 14.9 Å². The van der Waals surface area contributed by atoms with Crippen LogP contribution in [0.5, 0.6) is 0 Å². The van der Waals surface area contributed by atoms with Gasteiger partial charge in [0.05, 0.1) is 10.9 Å². The highest BCUT2D eigenvalue weighted by molar-refractivity contribution is 7.16. The predicted molar refractivity (Wildman–Crippen MR) is 81.1 cm³/mol. The molecule has 0 fully saturated rings. The van der Waals surface area contributed by atoms with Crippen molar-refractivity contribution >= 4 is 46.1 Å². The minimum Gasteiger partial charge on any atom is -0.325 e. The molecule has 0 spiro atoms. The molecule has 0 unspecified atom stereocenters. The third-order valence-electron chi connectivity index (χ3n) is 2.34. The lowest BCUT2D eigenvalue weighted by molar-refractivity contribution is -0.115. The van der Waals surface area contributed by atoms with Crippen molar-refractivity contribution in [2.45, 2.75) is 6.54 Å². The molecule has 0 saturated carbocycles. The molecule has 2 rings (SSSR count). The maximum atomic E-state index is 11.7. The molecule has 0 aliphatic heterocycles. The molecule has 19 heavy (non-hydrogen) atoms. The molecule has 0 saturated heterocycles. The van der Waals surface area contributed by atoms with Crippen molar-refractivity contribution in [3.8, 4) is 0 Å². The number of anilines is 1. The molecule has 1 amide bonds. The number of rotatable bonds is 5. The molecule has 1 heterocycles. The van der Waals surface area contributed by atoms with Gasteiger partial charge in [-0.2, -0.15) is 0 Å². The van der Waals surface area contributed by atoms with Crippen molar-refractivity contribution in [1.29, 1.82) is 0 Å². The summed E-state index contributed by atoms with van der Waals surface area (Å²) in [5, 5.41) is 6.48. The molecule has 100 valence electrons. The van der Waals surface area contributed by atoms with Crippen LogP contribution < -0.4 is 10.6 Å². The van der Waals surface area contributed by atoms with Crippen molar-refractivity contribution in [1.82, 2.24) is 5.32 Å². The molecule has 0 aliphatic carbocycles. The molecule has 0 radical (unpaired) electrons. The van der Waals surface area contributed by atoms with Crippen molar-refractivity contribution in [3.63, 3.8) is 0 Å². The quantitative estimate of drug-likeness (QED) is 0.881. The standard InChI is InChI=1S/C13H12Cl2N2OS/c14-9-1-3-10(4-2-9)17-13(18)8-16-7-11-5-6-12(15)19-11/h1-6,16H,7-8H2,(H,17,18). The first-order valence-electron chi connectivity index (χ1n) is 5.64. The van der Waals surface area contributed by atoms with E-state index in [1.54, 1.807) is 24.3 Å². The summed E-state index contributed by atoms with van der Waals surface area (Å²) >= 11 is 13.1. The second-order valence-corrected chi connectivity index (χ2v) is 6.10. The van der Waals surface area contributed by atoms with Gasteiger partial charge >= 0.3 is 0 Å². The van der Waals surface area contributed by atoms with Gasteiger partial charge in [0.15, 0.2) is 0 Å². The minimum absolute atomic E-state index is 0.0926. The molecule has 1 aromatic heterocycles. The number of benzene rings is 1. The molecule has 0 bridgehead atoms. The lowest BCUT2D eigenvalue weighted by Gasteiger charge is -2.06. The molecule has 3 nitrogen and oxygen atoms in total. The van der Waals surface area contributed by atoms with Crippen LogP contribution in [0.2, 0.25) is 9.36 Å². The van der Waals surface area contributed by atoms with Crippen LogP contribution in [0.1, 0.15) is 4.88 Å². The minimum atomic E-state index is -0.0926. The van der Waals surface area contributed by atoms with E-state index in [9.17, 15) is 4.79 Å². The maximum Gasteiger partial charge on any atom is 0.238 e. The Morgan fingerprint density at radius 2 is 1.84 bits per heavy atom. The second-order valence-electron chi connectivity index (χ2n) is 3.86. The summed E-state index contributed by atoms with van der Waals surface area (Å²) in [6, 6.07) is 10.8. The van der Waals surface area contributed by atoms with E-state index in [0.29, 0.717) is 11.6 Å². The maximum absolute atomic E-state index is 11.7. The number of thiophene rings is 1. The number of halogens is 2. The van der Waals surface area contributed by atoms with Gasteiger partial charge in [0.25, 0.3) is 0 Å². The predicted octanol–water partition coefficient (Wildman–Crippen LogP) is 3.78. The van der Waals surface area contributed by atoms with E-state index in [4.69, 9.17) is 23.2 Å². The number of hydrogen-bond donors (Lipinski definition) is 2. The summed E-state index contributed by atoms with van der Waals surface area (Å²) in [5.41, 5.74) is 0.732.